The summed E-state index contributed by atoms with van der Waals surface area (Å²) < 4.78 is 0. The van der Waals surface area contributed by atoms with Gasteiger partial charge in [-0.05, 0) is 57.6 Å². The fourth-order valence-corrected chi connectivity index (χ4v) is 4.13. The van der Waals surface area contributed by atoms with Gasteiger partial charge in [0.1, 0.15) is 0 Å². The standard InChI is InChI=1S/2C12H10.C9H5Cl3N4/c2*1-3-7-11(8-4-1)12-9-5-2-6-10-12;10-5-3-1-2-4-6(5)13-9-15-7(11)14-8(12)16-9/h2*1-10H;1-4H,(H,13,14,15,16). The van der Waals surface area contributed by atoms with E-state index in [0.29, 0.717) is 10.7 Å². The van der Waals surface area contributed by atoms with Crippen molar-refractivity contribution in [2.24, 2.45) is 0 Å². The van der Waals surface area contributed by atoms with E-state index < -0.39 is 0 Å². The Kier molecular flexibility index (Phi) is 11.1. The Morgan fingerprint density at radius 1 is 0.375 bits per heavy atom. The minimum Gasteiger partial charge on any atom is -0.323 e. The molecule has 40 heavy (non-hydrogen) atoms. The van der Waals surface area contributed by atoms with Crippen LogP contribution in [0.25, 0.3) is 22.3 Å². The van der Waals surface area contributed by atoms with Gasteiger partial charge in [-0.1, -0.05) is 145 Å². The van der Waals surface area contributed by atoms with Crippen LogP contribution in [0.4, 0.5) is 11.6 Å². The minimum absolute atomic E-state index is 0.0227. The first-order valence-electron chi connectivity index (χ1n) is 12.4. The molecule has 7 heteroatoms. The predicted molar refractivity (Wildman–Crippen MR) is 168 cm³/mol. The van der Waals surface area contributed by atoms with Gasteiger partial charge in [0, 0.05) is 0 Å². The highest BCUT2D eigenvalue weighted by molar-refractivity contribution is 6.33. The average Bonchev–Trinajstić information content (AvgIpc) is 3.00. The van der Waals surface area contributed by atoms with Gasteiger partial charge in [0.2, 0.25) is 16.5 Å². The highest BCUT2D eigenvalue weighted by Gasteiger charge is 2.05. The molecule has 0 aliphatic rings. The van der Waals surface area contributed by atoms with E-state index in [1.807, 2.05) is 36.4 Å². The van der Waals surface area contributed by atoms with Crippen molar-refractivity contribution in [1.82, 2.24) is 15.0 Å². The molecule has 0 unspecified atom stereocenters. The number of halogens is 3. The van der Waals surface area contributed by atoms with Crippen LogP contribution in [0.1, 0.15) is 0 Å². The van der Waals surface area contributed by atoms with E-state index in [1.165, 1.54) is 22.3 Å². The van der Waals surface area contributed by atoms with Crippen LogP contribution in [-0.4, -0.2) is 15.0 Å². The average molecular weight is 584 g/mol. The lowest BCUT2D eigenvalue weighted by molar-refractivity contribution is 1.05. The molecule has 4 nitrogen and oxygen atoms in total. The van der Waals surface area contributed by atoms with Crippen LogP contribution in [0.3, 0.4) is 0 Å². The summed E-state index contributed by atoms with van der Waals surface area (Å²) in [5.41, 5.74) is 5.77. The summed E-state index contributed by atoms with van der Waals surface area (Å²) in [7, 11) is 0. The molecule has 6 rings (SSSR count). The van der Waals surface area contributed by atoms with Gasteiger partial charge in [-0.3, -0.25) is 0 Å². The van der Waals surface area contributed by atoms with Gasteiger partial charge in [0.15, 0.2) is 0 Å². The summed E-state index contributed by atoms with van der Waals surface area (Å²) in [6, 6.07) is 48.7. The molecule has 0 aliphatic carbocycles. The third-order valence-corrected chi connectivity index (χ3v) is 6.13. The van der Waals surface area contributed by atoms with E-state index in [-0.39, 0.29) is 16.5 Å². The van der Waals surface area contributed by atoms with Gasteiger partial charge in [-0.25, -0.2) is 0 Å². The van der Waals surface area contributed by atoms with E-state index in [2.05, 4.69) is 117 Å². The zero-order chi connectivity index (χ0) is 28.0. The van der Waals surface area contributed by atoms with Crippen LogP contribution in [0.5, 0.6) is 0 Å². The summed E-state index contributed by atoms with van der Waals surface area (Å²) in [6.07, 6.45) is 0. The first-order chi connectivity index (χ1) is 19.6. The van der Waals surface area contributed by atoms with Crippen LogP contribution >= 0.6 is 34.8 Å². The van der Waals surface area contributed by atoms with Crippen LogP contribution in [0.15, 0.2) is 146 Å². The number of anilines is 2. The Morgan fingerprint density at radius 3 is 1.05 bits per heavy atom. The number of para-hydroxylation sites is 1. The lowest BCUT2D eigenvalue weighted by Gasteiger charge is -2.06. The molecule has 0 saturated heterocycles. The summed E-state index contributed by atoms with van der Waals surface area (Å²) in [5.74, 6) is 0.248. The molecule has 0 bridgehead atoms. The molecule has 0 atom stereocenters. The van der Waals surface area contributed by atoms with Gasteiger partial charge >= 0.3 is 0 Å². The van der Waals surface area contributed by atoms with Crippen molar-refractivity contribution in [2.45, 2.75) is 0 Å². The van der Waals surface area contributed by atoms with Gasteiger partial charge in [-0.15, -0.1) is 0 Å². The quantitative estimate of drug-likeness (QED) is 0.224. The number of aromatic nitrogens is 3. The molecule has 1 heterocycles. The number of benzene rings is 5. The smallest absolute Gasteiger partial charge is 0.232 e. The van der Waals surface area contributed by atoms with E-state index >= 15 is 0 Å². The Morgan fingerprint density at radius 2 is 0.700 bits per heavy atom. The van der Waals surface area contributed by atoms with Crippen molar-refractivity contribution in [2.75, 3.05) is 5.32 Å². The van der Waals surface area contributed by atoms with Crippen LogP contribution in [0, 0.1) is 0 Å². The van der Waals surface area contributed by atoms with Gasteiger partial charge in [0.25, 0.3) is 0 Å². The highest BCUT2D eigenvalue weighted by atomic mass is 35.5. The SMILES string of the molecule is Clc1nc(Cl)nc(Nc2ccccc2Cl)n1.c1ccc(-c2ccccc2)cc1.c1ccc(-c2ccccc2)cc1. The van der Waals surface area contributed by atoms with Crippen molar-refractivity contribution >= 4 is 46.4 Å². The Labute approximate surface area is 249 Å². The maximum Gasteiger partial charge on any atom is 0.232 e. The molecule has 0 fully saturated rings. The lowest BCUT2D eigenvalue weighted by Crippen LogP contribution is -1.99. The third-order valence-electron chi connectivity index (χ3n) is 5.46. The summed E-state index contributed by atoms with van der Waals surface area (Å²) in [6.45, 7) is 0. The summed E-state index contributed by atoms with van der Waals surface area (Å²) in [5, 5.41) is 3.49. The molecule has 1 N–H and O–H groups in total. The number of hydrogen-bond acceptors (Lipinski definition) is 4. The molecule has 0 radical (unpaired) electrons. The molecular weight excluding hydrogens is 559 g/mol. The molecule has 0 aliphatic heterocycles. The monoisotopic (exact) mass is 582 g/mol. The number of hydrogen-bond donors (Lipinski definition) is 1. The summed E-state index contributed by atoms with van der Waals surface area (Å²) >= 11 is 17.2. The second-order valence-electron chi connectivity index (χ2n) is 8.27. The zero-order valence-corrected chi connectivity index (χ0v) is 23.6. The van der Waals surface area contributed by atoms with Crippen LogP contribution in [-0.2, 0) is 0 Å². The topological polar surface area (TPSA) is 50.7 Å². The normalized spacial score (nSPS) is 9.88. The fraction of sp³-hybridized carbons (Fsp3) is 0. The van der Waals surface area contributed by atoms with Gasteiger partial charge < -0.3 is 5.32 Å². The van der Waals surface area contributed by atoms with E-state index in [1.54, 1.807) is 12.1 Å². The molecule has 5 aromatic carbocycles. The second-order valence-corrected chi connectivity index (χ2v) is 9.35. The molecule has 6 aromatic rings. The van der Waals surface area contributed by atoms with Gasteiger partial charge in [-0.2, -0.15) is 15.0 Å². The van der Waals surface area contributed by atoms with Crippen LogP contribution in [0.2, 0.25) is 15.6 Å². The number of rotatable bonds is 4. The Bertz CT molecular complexity index is 1410. The highest BCUT2D eigenvalue weighted by Crippen LogP contribution is 2.24. The van der Waals surface area contributed by atoms with E-state index in [4.69, 9.17) is 34.8 Å². The molecule has 1 aromatic heterocycles. The molecule has 0 spiro atoms. The fourth-order valence-electron chi connectivity index (χ4n) is 3.59. The Hall–Kier alpha value is -4.22. The van der Waals surface area contributed by atoms with Crippen molar-refractivity contribution in [3.8, 4) is 22.3 Å². The molecular formula is C33H25Cl3N4. The second kappa shape index (κ2) is 15.4. The number of nitrogens with one attached hydrogen (secondary N) is 1. The summed E-state index contributed by atoms with van der Waals surface area (Å²) in [4.78, 5) is 11.4. The lowest BCUT2D eigenvalue weighted by atomic mass is 10.1. The van der Waals surface area contributed by atoms with Crippen molar-refractivity contribution in [3.05, 3.63) is 161 Å². The van der Waals surface area contributed by atoms with Crippen molar-refractivity contribution in [3.63, 3.8) is 0 Å². The van der Waals surface area contributed by atoms with Crippen molar-refractivity contribution < 1.29 is 0 Å². The largest absolute Gasteiger partial charge is 0.323 e. The van der Waals surface area contributed by atoms with E-state index in [9.17, 15) is 0 Å². The molecule has 0 saturated carbocycles. The van der Waals surface area contributed by atoms with Crippen molar-refractivity contribution in [1.29, 1.82) is 0 Å². The third kappa shape index (κ3) is 9.21. The van der Waals surface area contributed by atoms with E-state index in [0.717, 1.165) is 0 Å². The maximum absolute atomic E-state index is 5.95. The molecule has 198 valence electrons. The zero-order valence-electron chi connectivity index (χ0n) is 21.3. The molecule has 0 amide bonds. The first-order valence-corrected chi connectivity index (χ1v) is 13.5. The minimum atomic E-state index is 0.0227. The van der Waals surface area contributed by atoms with Crippen LogP contribution < -0.4 is 5.32 Å². The first kappa shape index (κ1) is 28.8. The Balaban J connectivity index is 0.000000141. The predicted octanol–water partition coefficient (Wildman–Crippen LogP) is 10.3. The maximum atomic E-state index is 5.95. The van der Waals surface area contributed by atoms with Gasteiger partial charge in [0.05, 0.1) is 10.7 Å². The number of nitrogens with zero attached hydrogens (tertiary/aromatic N) is 3.